The molecule has 0 aliphatic rings. The summed E-state index contributed by atoms with van der Waals surface area (Å²) in [6.45, 7) is 6.38. The third-order valence-corrected chi connectivity index (χ3v) is 3.30. The van der Waals surface area contributed by atoms with E-state index < -0.39 is 0 Å². The molecule has 1 amide bonds. The van der Waals surface area contributed by atoms with E-state index >= 15 is 0 Å². The van der Waals surface area contributed by atoms with Gasteiger partial charge in [0.15, 0.2) is 0 Å². The Labute approximate surface area is 120 Å². The Morgan fingerprint density at radius 3 is 2.65 bits per heavy atom. The van der Waals surface area contributed by atoms with E-state index in [4.69, 9.17) is 0 Å². The van der Waals surface area contributed by atoms with Gasteiger partial charge in [-0.15, -0.1) is 0 Å². The number of aromatic hydroxyl groups is 2. The number of hydrogen-bond donors (Lipinski definition) is 4. The van der Waals surface area contributed by atoms with Crippen molar-refractivity contribution in [2.45, 2.75) is 45.7 Å². The number of benzene rings is 1. The van der Waals surface area contributed by atoms with Crippen molar-refractivity contribution in [2.75, 3.05) is 6.54 Å². The SMILES string of the molecule is CCC(C)NC(=O)CCNC(C)c1cc(O)ccc1O. The lowest BCUT2D eigenvalue weighted by Gasteiger charge is -2.16. The summed E-state index contributed by atoms with van der Waals surface area (Å²) >= 11 is 0. The highest BCUT2D eigenvalue weighted by molar-refractivity contribution is 5.76. The standard InChI is InChI=1S/C15H24N2O3/c1-4-10(2)17-15(20)7-8-16-11(3)13-9-12(18)5-6-14(13)19/h5-6,9-11,16,18-19H,4,7-8H2,1-3H3,(H,17,20). The fraction of sp³-hybridized carbons (Fsp3) is 0.533. The topological polar surface area (TPSA) is 81.6 Å². The van der Waals surface area contributed by atoms with Crippen LogP contribution < -0.4 is 10.6 Å². The fourth-order valence-electron chi connectivity index (χ4n) is 1.85. The van der Waals surface area contributed by atoms with Crippen LogP contribution >= 0.6 is 0 Å². The minimum atomic E-state index is -0.140. The molecule has 1 aromatic carbocycles. The van der Waals surface area contributed by atoms with Crippen molar-refractivity contribution in [1.82, 2.24) is 10.6 Å². The van der Waals surface area contributed by atoms with Gasteiger partial charge in [-0.05, 0) is 38.5 Å². The van der Waals surface area contributed by atoms with Crippen LogP contribution in [0.5, 0.6) is 11.5 Å². The summed E-state index contributed by atoms with van der Waals surface area (Å²) in [6.07, 6.45) is 1.29. The third-order valence-electron chi connectivity index (χ3n) is 3.30. The summed E-state index contributed by atoms with van der Waals surface area (Å²) in [5.41, 5.74) is 0.618. The lowest BCUT2D eigenvalue weighted by Crippen LogP contribution is -2.34. The molecule has 112 valence electrons. The van der Waals surface area contributed by atoms with Crippen LogP contribution in [0.1, 0.15) is 45.2 Å². The molecule has 2 unspecified atom stereocenters. The molecule has 1 rings (SSSR count). The molecule has 0 saturated heterocycles. The minimum Gasteiger partial charge on any atom is -0.508 e. The van der Waals surface area contributed by atoms with Crippen molar-refractivity contribution >= 4 is 5.91 Å². The van der Waals surface area contributed by atoms with Crippen molar-refractivity contribution in [3.8, 4) is 11.5 Å². The Morgan fingerprint density at radius 1 is 1.30 bits per heavy atom. The van der Waals surface area contributed by atoms with Gasteiger partial charge in [-0.2, -0.15) is 0 Å². The van der Waals surface area contributed by atoms with E-state index in [0.29, 0.717) is 18.5 Å². The molecule has 4 N–H and O–H groups in total. The maximum Gasteiger partial charge on any atom is 0.221 e. The van der Waals surface area contributed by atoms with Gasteiger partial charge in [0.2, 0.25) is 5.91 Å². The van der Waals surface area contributed by atoms with Crippen LogP contribution in [0.15, 0.2) is 18.2 Å². The predicted molar refractivity (Wildman–Crippen MR) is 78.7 cm³/mol. The Bertz CT molecular complexity index is 449. The number of hydrogen-bond acceptors (Lipinski definition) is 4. The highest BCUT2D eigenvalue weighted by Gasteiger charge is 2.12. The molecule has 2 atom stereocenters. The molecule has 1 aromatic rings. The summed E-state index contributed by atoms with van der Waals surface area (Å²) in [7, 11) is 0. The first-order chi connectivity index (χ1) is 9.43. The highest BCUT2D eigenvalue weighted by Crippen LogP contribution is 2.27. The first-order valence-corrected chi connectivity index (χ1v) is 6.98. The van der Waals surface area contributed by atoms with Crippen LogP contribution in [0.25, 0.3) is 0 Å². The smallest absolute Gasteiger partial charge is 0.221 e. The minimum absolute atomic E-state index is 0.0131. The largest absolute Gasteiger partial charge is 0.508 e. The molecular formula is C15H24N2O3. The normalized spacial score (nSPS) is 13.8. The first-order valence-electron chi connectivity index (χ1n) is 6.98. The average molecular weight is 280 g/mol. The van der Waals surface area contributed by atoms with Gasteiger partial charge in [-0.3, -0.25) is 4.79 Å². The second-order valence-electron chi connectivity index (χ2n) is 5.05. The predicted octanol–water partition coefficient (Wildman–Crippen LogP) is 2.05. The van der Waals surface area contributed by atoms with Crippen LogP contribution in [0.3, 0.4) is 0 Å². The molecule has 0 saturated carbocycles. The summed E-state index contributed by atoms with van der Waals surface area (Å²) in [5, 5.41) is 25.2. The maximum atomic E-state index is 11.6. The van der Waals surface area contributed by atoms with Gasteiger partial charge in [0, 0.05) is 30.6 Å². The Kier molecular flexibility index (Phi) is 6.31. The summed E-state index contributed by atoms with van der Waals surface area (Å²) in [4.78, 5) is 11.6. The monoisotopic (exact) mass is 280 g/mol. The number of phenols is 2. The number of rotatable bonds is 7. The zero-order chi connectivity index (χ0) is 15.1. The molecule has 20 heavy (non-hydrogen) atoms. The molecule has 0 aliphatic carbocycles. The summed E-state index contributed by atoms with van der Waals surface area (Å²) in [5.74, 6) is 0.256. The van der Waals surface area contributed by atoms with E-state index in [1.807, 2.05) is 20.8 Å². The number of amides is 1. The zero-order valence-electron chi connectivity index (χ0n) is 12.3. The van der Waals surface area contributed by atoms with E-state index in [2.05, 4.69) is 10.6 Å². The molecule has 0 fully saturated rings. The average Bonchev–Trinajstić information content (AvgIpc) is 2.41. The second kappa shape index (κ2) is 7.75. The van der Waals surface area contributed by atoms with Crippen molar-refractivity contribution in [2.24, 2.45) is 0 Å². The van der Waals surface area contributed by atoms with E-state index in [0.717, 1.165) is 6.42 Å². The molecule has 5 heteroatoms. The molecule has 0 aromatic heterocycles. The van der Waals surface area contributed by atoms with Crippen molar-refractivity contribution in [3.63, 3.8) is 0 Å². The second-order valence-corrected chi connectivity index (χ2v) is 5.05. The number of phenolic OH excluding ortho intramolecular Hbond substituents is 2. The van der Waals surface area contributed by atoms with Crippen LogP contribution in [0, 0.1) is 0 Å². The van der Waals surface area contributed by atoms with Crippen molar-refractivity contribution in [3.05, 3.63) is 23.8 Å². The lowest BCUT2D eigenvalue weighted by atomic mass is 10.1. The van der Waals surface area contributed by atoms with Gasteiger partial charge < -0.3 is 20.8 Å². The van der Waals surface area contributed by atoms with Gasteiger partial charge in [0.05, 0.1) is 0 Å². The highest BCUT2D eigenvalue weighted by atomic mass is 16.3. The molecule has 0 aliphatic heterocycles. The van der Waals surface area contributed by atoms with Crippen molar-refractivity contribution in [1.29, 1.82) is 0 Å². The van der Waals surface area contributed by atoms with Gasteiger partial charge in [0.1, 0.15) is 11.5 Å². The number of nitrogens with one attached hydrogen (secondary N) is 2. The van der Waals surface area contributed by atoms with E-state index in [1.54, 1.807) is 0 Å². The summed E-state index contributed by atoms with van der Waals surface area (Å²) < 4.78 is 0. The van der Waals surface area contributed by atoms with Crippen LogP contribution in [-0.2, 0) is 4.79 Å². The maximum absolute atomic E-state index is 11.6. The molecule has 0 radical (unpaired) electrons. The Balaban J connectivity index is 2.42. The van der Waals surface area contributed by atoms with Gasteiger partial charge in [0.25, 0.3) is 0 Å². The Morgan fingerprint density at radius 2 is 2.00 bits per heavy atom. The molecule has 0 heterocycles. The molecule has 0 spiro atoms. The zero-order valence-corrected chi connectivity index (χ0v) is 12.3. The fourth-order valence-corrected chi connectivity index (χ4v) is 1.85. The quantitative estimate of drug-likeness (QED) is 0.576. The van der Waals surface area contributed by atoms with Crippen LogP contribution in [-0.4, -0.2) is 28.7 Å². The van der Waals surface area contributed by atoms with Gasteiger partial charge >= 0.3 is 0 Å². The van der Waals surface area contributed by atoms with Gasteiger partial charge in [-0.25, -0.2) is 0 Å². The number of carbonyl (C=O) groups excluding carboxylic acids is 1. The van der Waals surface area contributed by atoms with Crippen molar-refractivity contribution < 1.29 is 15.0 Å². The number of carbonyl (C=O) groups is 1. The van der Waals surface area contributed by atoms with Crippen LogP contribution in [0.2, 0.25) is 0 Å². The first kappa shape index (κ1) is 16.3. The van der Waals surface area contributed by atoms with E-state index in [-0.39, 0.29) is 29.5 Å². The third kappa shape index (κ3) is 5.09. The summed E-state index contributed by atoms with van der Waals surface area (Å²) in [6, 6.07) is 4.46. The van der Waals surface area contributed by atoms with Crippen LogP contribution in [0.4, 0.5) is 0 Å². The molecular weight excluding hydrogens is 256 g/mol. The van der Waals surface area contributed by atoms with E-state index in [9.17, 15) is 15.0 Å². The molecule has 5 nitrogen and oxygen atoms in total. The lowest BCUT2D eigenvalue weighted by molar-refractivity contribution is -0.121. The van der Waals surface area contributed by atoms with Gasteiger partial charge in [-0.1, -0.05) is 6.92 Å². The molecule has 0 bridgehead atoms. The Hall–Kier alpha value is -1.75. The van der Waals surface area contributed by atoms with E-state index in [1.165, 1.54) is 18.2 Å².